The lowest BCUT2D eigenvalue weighted by Gasteiger charge is -2.45. The van der Waals surface area contributed by atoms with Crippen molar-refractivity contribution in [1.82, 2.24) is 10.2 Å². The molecule has 5 saturated carbocycles. The highest BCUT2D eigenvalue weighted by Crippen LogP contribution is 2.67. The number of phenolic OH excluding ortho intramolecular Hbond substituents is 1. The van der Waals surface area contributed by atoms with Crippen LogP contribution in [0.3, 0.4) is 0 Å². The van der Waals surface area contributed by atoms with Gasteiger partial charge in [0.1, 0.15) is 16.6 Å². The van der Waals surface area contributed by atoms with Crippen LogP contribution in [0.25, 0.3) is 0 Å². The number of rotatable bonds is 2. The Morgan fingerprint density at radius 1 is 0.958 bits per heavy atom. The molecule has 6 fully saturated rings. The number of carbonyl (C=O) groups is 2. The van der Waals surface area contributed by atoms with Gasteiger partial charge in [0.25, 0.3) is 0 Å². The highest BCUT2D eigenvalue weighted by molar-refractivity contribution is 8.77. The van der Waals surface area contributed by atoms with Crippen molar-refractivity contribution < 1.29 is 29.3 Å². The first-order valence-corrected chi connectivity index (χ1v) is 30.0. The molecule has 12 heteroatoms. The lowest BCUT2D eigenvalue weighted by molar-refractivity contribution is -0.148. The molecule has 5 spiro atoms. The molecule has 1 saturated heterocycles. The van der Waals surface area contributed by atoms with E-state index < -0.39 is 28.6 Å². The average Bonchev–Trinajstić information content (AvgIpc) is 4.15. The first-order chi connectivity index (χ1) is 34.4. The largest absolute Gasteiger partial charge is 0.504 e. The van der Waals surface area contributed by atoms with E-state index in [1.165, 1.54) is 51.0 Å². The van der Waals surface area contributed by atoms with Crippen LogP contribution in [0, 0.1) is 45.8 Å². The summed E-state index contributed by atoms with van der Waals surface area (Å²) >= 11 is 0. The summed E-state index contributed by atoms with van der Waals surface area (Å²) in [5, 5.41) is 28.8. The van der Waals surface area contributed by atoms with Crippen LogP contribution in [0.4, 0.5) is 0 Å². The van der Waals surface area contributed by atoms with Crippen LogP contribution in [-0.2, 0) is 27.3 Å². The standard InChI is InChI=1S/C59H76N4O6S2/c1-38(64)68-47-17-15-42-30-44(52(67)53-51(42)43-21-29-58(69-53)25-6-11-45(58)31-43)35-63-37-57(34-50(63)66)49(41-9-3-2-4-10-41)22-28-56(57)23-5-8-40-20-27-55(33-40)24-7-26-59(55,62-54(60)61-36-56)71-70-48-18-13-39(14-19-48)12-16-46(65)32-47/h2-4,9-10,21,29-30,39-40,43,45-49,65,67H,6-8,11-20,22,24-28,31-37H2,1H3,(H3,60,61,62). The smallest absolute Gasteiger partial charge is 0.302 e. The number of ether oxygens (including phenoxy) is 2. The van der Waals surface area contributed by atoms with Gasteiger partial charge in [-0.15, -0.1) is 5.92 Å². The number of aliphatic hydroxyl groups is 1. The molecule has 6 aliphatic carbocycles. The van der Waals surface area contributed by atoms with Crippen molar-refractivity contribution in [2.24, 2.45) is 44.7 Å². The Balaban J connectivity index is 0.957. The van der Waals surface area contributed by atoms with E-state index >= 15 is 4.79 Å². The molecular formula is C59H76N4O6S2. The minimum Gasteiger partial charge on any atom is -0.504 e. The molecule has 6 aliphatic heterocycles. The zero-order chi connectivity index (χ0) is 48.6. The highest BCUT2D eigenvalue weighted by atomic mass is 33.1. The van der Waals surface area contributed by atoms with Gasteiger partial charge in [-0.05, 0) is 169 Å². The van der Waals surface area contributed by atoms with Gasteiger partial charge in [0.15, 0.2) is 17.5 Å². The van der Waals surface area contributed by atoms with E-state index in [2.05, 4.69) is 87.3 Å². The quantitative estimate of drug-likeness (QED) is 0.0992. The molecule has 11 atom stereocenters. The molecule has 14 rings (SSSR count). The second-order valence-electron chi connectivity index (χ2n) is 24.3. The van der Waals surface area contributed by atoms with Gasteiger partial charge in [0, 0.05) is 78.3 Å². The number of hydrogen-bond acceptors (Lipinski definition) is 11. The summed E-state index contributed by atoms with van der Waals surface area (Å²) in [6.45, 7) is 2.62. The van der Waals surface area contributed by atoms with Gasteiger partial charge >= 0.3 is 5.97 Å². The van der Waals surface area contributed by atoms with Crippen LogP contribution >= 0.6 is 21.6 Å². The Labute approximate surface area is 429 Å². The van der Waals surface area contributed by atoms with E-state index in [4.69, 9.17) is 20.2 Å². The van der Waals surface area contributed by atoms with Crippen LogP contribution in [0.5, 0.6) is 11.5 Å². The molecule has 10 nitrogen and oxygen atoms in total. The fourth-order valence-corrected chi connectivity index (χ4v) is 20.7. The first-order valence-electron chi connectivity index (χ1n) is 27.8. The van der Waals surface area contributed by atoms with Gasteiger partial charge in [0.05, 0.1) is 18.1 Å². The number of hydrogen-bond donors (Lipinski definition) is 4. The Hall–Kier alpha value is -3.79. The third-order valence-electron chi connectivity index (χ3n) is 20.4. The van der Waals surface area contributed by atoms with E-state index in [0.717, 1.165) is 88.2 Å². The number of esters is 1. The average molecular weight is 1000 g/mol. The summed E-state index contributed by atoms with van der Waals surface area (Å²) in [4.78, 5) is 35.0. The number of benzene rings is 2. The second-order valence-corrected chi connectivity index (χ2v) is 27.1. The van der Waals surface area contributed by atoms with E-state index in [1.54, 1.807) is 0 Å². The summed E-state index contributed by atoms with van der Waals surface area (Å²) < 4.78 is 13.2. The van der Waals surface area contributed by atoms with Crippen LogP contribution in [-0.4, -0.2) is 74.0 Å². The number of aliphatic imine (C=N–C) groups is 1. The highest BCUT2D eigenvalue weighted by Gasteiger charge is 2.65. The summed E-state index contributed by atoms with van der Waals surface area (Å²) in [6.07, 6.45) is 25.3. The third-order valence-corrected chi connectivity index (χ3v) is 24.2. The number of nitrogens with zero attached hydrogens (tertiary/aromatic N) is 2. The van der Waals surface area contributed by atoms with Gasteiger partial charge < -0.3 is 35.6 Å². The molecule has 11 unspecified atom stereocenters. The van der Waals surface area contributed by atoms with Crippen molar-refractivity contribution in [1.29, 1.82) is 0 Å². The van der Waals surface area contributed by atoms with Gasteiger partial charge in [0.2, 0.25) is 5.91 Å². The second kappa shape index (κ2) is 18.9. The van der Waals surface area contributed by atoms with Crippen molar-refractivity contribution in [2.45, 2.75) is 201 Å². The fourth-order valence-electron chi connectivity index (χ4n) is 16.7. The number of amides is 1. The predicted molar refractivity (Wildman–Crippen MR) is 282 cm³/mol. The Morgan fingerprint density at radius 3 is 2.65 bits per heavy atom. The molecule has 12 bridgehead atoms. The molecular weight excluding hydrogens is 925 g/mol. The zero-order valence-corrected chi connectivity index (χ0v) is 43.6. The Kier molecular flexibility index (Phi) is 12.8. The first kappa shape index (κ1) is 48.2. The van der Waals surface area contributed by atoms with E-state index in [0.29, 0.717) is 85.5 Å². The fraction of sp³-hybridized carbons (Fsp3) is 0.678. The minimum atomic E-state index is -0.602. The molecule has 380 valence electrons. The number of carbonyl (C=O) groups excluding carboxylic acids is 2. The van der Waals surface area contributed by atoms with Crippen molar-refractivity contribution in [3.05, 3.63) is 70.8 Å². The van der Waals surface area contributed by atoms with Crippen LogP contribution in [0.1, 0.15) is 182 Å². The topological polar surface area (TPSA) is 147 Å². The number of aryl methyl sites for hydroxylation is 1. The van der Waals surface area contributed by atoms with E-state index in [1.807, 2.05) is 4.90 Å². The van der Waals surface area contributed by atoms with Gasteiger partial charge in [-0.25, -0.2) is 0 Å². The number of fused-ring (bicyclic) bond motifs is 10. The summed E-state index contributed by atoms with van der Waals surface area (Å²) in [5.41, 5.74) is 9.74. The molecule has 1 amide bonds. The van der Waals surface area contributed by atoms with Crippen molar-refractivity contribution >= 4 is 39.4 Å². The predicted octanol–water partition coefficient (Wildman–Crippen LogP) is 11.0. The van der Waals surface area contributed by atoms with Gasteiger partial charge in [-0.1, -0.05) is 63.9 Å². The maximum absolute atomic E-state index is 15.1. The monoisotopic (exact) mass is 1000 g/mol. The van der Waals surface area contributed by atoms with Crippen molar-refractivity contribution in [2.75, 3.05) is 13.1 Å². The number of nitrogens with two attached hydrogens (primary N) is 1. The van der Waals surface area contributed by atoms with Crippen molar-refractivity contribution in [3.63, 3.8) is 0 Å². The lowest BCUT2D eigenvalue weighted by Crippen LogP contribution is -2.56. The SMILES string of the molecule is CC(=O)OC1CCc2cc(c(O)c3c2C2C=CC4(CCCC4C2)O3)CN2CC3(CC2=O)C(c2ccccc2)CCC32C#CCC3CCC4(CCCC4(NC(N)=NC2)SSC2CCC(CCC(O)C1)CC2)C3. The Morgan fingerprint density at radius 2 is 1.80 bits per heavy atom. The number of phenols is 1. The lowest BCUT2D eigenvalue weighted by atomic mass is 9.60. The molecule has 5 N–H and O–H groups in total. The molecule has 2 aromatic rings. The molecule has 12 aliphatic rings. The number of aromatic hydroxyl groups is 1. The summed E-state index contributed by atoms with van der Waals surface area (Å²) in [7, 11) is 4.16. The molecule has 2 aromatic carbocycles. The van der Waals surface area contributed by atoms with Gasteiger partial charge in [-0.3, -0.25) is 14.6 Å². The molecule has 0 radical (unpaired) electrons. The molecule has 0 aromatic heterocycles. The summed E-state index contributed by atoms with van der Waals surface area (Å²) in [5.74, 6) is 10.4. The number of allylic oxidation sites excluding steroid dienone is 1. The molecule has 71 heavy (non-hydrogen) atoms. The van der Waals surface area contributed by atoms with E-state index in [-0.39, 0.29) is 46.3 Å². The number of aliphatic hydroxyl groups excluding tert-OH is 1. The summed E-state index contributed by atoms with van der Waals surface area (Å²) in [6, 6.07) is 12.9. The normalized spacial score (nSPS) is 40.8. The third kappa shape index (κ3) is 8.50. The van der Waals surface area contributed by atoms with Crippen LogP contribution in [0.15, 0.2) is 53.5 Å². The number of nitrogens with one attached hydrogen (secondary N) is 1. The van der Waals surface area contributed by atoms with Crippen LogP contribution < -0.4 is 15.8 Å². The van der Waals surface area contributed by atoms with Crippen molar-refractivity contribution in [3.8, 4) is 23.3 Å². The maximum Gasteiger partial charge on any atom is 0.302 e. The maximum atomic E-state index is 15.1. The Bertz CT molecular complexity index is 2520. The zero-order valence-electron chi connectivity index (χ0n) is 41.9. The minimum absolute atomic E-state index is 0.0672. The molecule has 6 heterocycles. The van der Waals surface area contributed by atoms with Gasteiger partial charge in [-0.2, -0.15) is 0 Å². The number of guanidine groups is 1. The van der Waals surface area contributed by atoms with E-state index in [9.17, 15) is 15.0 Å². The van der Waals surface area contributed by atoms with Crippen LogP contribution in [0.2, 0.25) is 0 Å².